The SMILES string of the molecule is COC(=O)c1ccc(NC(=O)c2cn(C)c3ccccc23)cc1. The number of carbonyl (C=O) groups is 2. The van der Waals surface area contributed by atoms with E-state index >= 15 is 0 Å². The first-order valence-corrected chi connectivity index (χ1v) is 7.14. The fraction of sp³-hybridized carbons (Fsp3) is 0.111. The van der Waals surface area contributed by atoms with Gasteiger partial charge in [-0.1, -0.05) is 18.2 Å². The summed E-state index contributed by atoms with van der Waals surface area (Å²) >= 11 is 0. The highest BCUT2D eigenvalue weighted by atomic mass is 16.5. The summed E-state index contributed by atoms with van der Waals surface area (Å²) in [4.78, 5) is 23.9. The van der Waals surface area contributed by atoms with Crippen LogP contribution in [0, 0.1) is 0 Å². The lowest BCUT2D eigenvalue weighted by molar-refractivity contribution is 0.0600. The fourth-order valence-corrected chi connectivity index (χ4v) is 2.53. The maximum absolute atomic E-state index is 12.5. The van der Waals surface area contributed by atoms with E-state index in [-0.39, 0.29) is 5.91 Å². The lowest BCUT2D eigenvalue weighted by Crippen LogP contribution is -2.11. The first-order valence-electron chi connectivity index (χ1n) is 7.14. The topological polar surface area (TPSA) is 60.3 Å². The zero-order chi connectivity index (χ0) is 16.4. The number of nitrogens with zero attached hydrogens (tertiary/aromatic N) is 1. The Kier molecular flexibility index (Phi) is 3.85. The lowest BCUT2D eigenvalue weighted by Gasteiger charge is -2.05. The van der Waals surface area contributed by atoms with Crippen molar-refractivity contribution in [2.45, 2.75) is 0 Å². The van der Waals surface area contributed by atoms with Crippen LogP contribution < -0.4 is 5.32 Å². The molecule has 0 atom stereocenters. The van der Waals surface area contributed by atoms with Crippen molar-refractivity contribution in [3.63, 3.8) is 0 Å². The van der Waals surface area contributed by atoms with Gasteiger partial charge in [-0.15, -0.1) is 0 Å². The van der Waals surface area contributed by atoms with Crippen molar-refractivity contribution >= 4 is 28.5 Å². The predicted molar refractivity (Wildman–Crippen MR) is 88.7 cm³/mol. The fourth-order valence-electron chi connectivity index (χ4n) is 2.53. The Hall–Kier alpha value is -3.08. The Labute approximate surface area is 133 Å². The molecular weight excluding hydrogens is 292 g/mol. The molecule has 0 bridgehead atoms. The minimum absolute atomic E-state index is 0.187. The van der Waals surface area contributed by atoms with Gasteiger partial charge in [0.25, 0.3) is 5.91 Å². The number of rotatable bonds is 3. The summed E-state index contributed by atoms with van der Waals surface area (Å²) < 4.78 is 6.57. The van der Waals surface area contributed by atoms with Gasteiger partial charge in [0.2, 0.25) is 0 Å². The molecule has 0 aliphatic heterocycles. The van der Waals surface area contributed by atoms with Crippen LogP contribution in [0.4, 0.5) is 5.69 Å². The summed E-state index contributed by atoms with van der Waals surface area (Å²) in [6.07, 6.45) is 1.81. The van der Waals surface area contributed by atoms with Crippen molar-refractivity contribution in [2.24, 2.45) is 7.05 Å². The molecule has 23 heavy (non-hydrogen) atoms. The molecule has 0 radical (unpaired) electrons. The van der Waals surface area contributed by atoms with E-state index in [4.69, 9.17) is 0 Å². The van der Waals surface area contributed by atoms with Gasteiger partial charge in [0.05, 0.1) is 18.2 Å². The van der Waals surface area contributed by atoms with E-state index in [1.807, 2.05) is 42.1 Å². The second-order valence-electron chi connectivity index (χ2n) is 5.19. The molecular formula is C18H16N2O3. The van der Waals surface area contributed by atoms with E-state index in [9.17, 15) is 9.59 Å². The molecule has 0 aliphatic carbocycles. The van der Waals surface area contributed by atoms with Gasteiger partial charge in [-0.3, -0.25) is 4.79 Å². The number of hydrogen-bond donors (Lipinski definition) is 1. The van der Waals surface area contributed by atoms with Gasteiger partial charge >= 0.3 is 5.97 Å². The molecule has 1 amide bonds. The highest BCUT2D eigenvalue weighted by Gasteiger charge is 2.14. The number of amides is 1. The van der Waals surface area contributed by atoms with E-state index in [2.05, 4.69) is 10.1 Å². The maximum atomic E-state index is 12.5. The van der Waals surface area contributed by atoms with Gasteiger partial charge in [0.1, 0.15) is 0 Å². The summed E-state index contributed by atoms with van der Waals surface area (Å²) in [6, 6.07) is 14.3. The van der Waals surface area contributed by atoms with E-state index < -0.39 is 5.97 Å². The Balaban J connectivity index is 1.85. The lowest BCUT2D eigenvalue weighted by atomic mass is 10.1. The van der Waals surface area contributed by atoms with Gasteiger partial charge in [0, 0.05) is 29.8 Å². The van der Waals surface area contributed by atoms with Crippen LogP contribution in [0.5, 0.6) is 0 Å². The molecule has 1 N–H and O–H groups in total. The van der Waals surface area contributed by atoms with Crippen molar-refractivity contribution in [1.29, 1.82) is 0 Å². The number of benzene rings is 2. The minimum Gasteiger partial charge on any atom is -0.465 e. The van der Waals surface area contributed by atoms with Crippen molar-refractivity contribution in [3.8, 4) is 0 Å². The normalized spacial score (nSPS) is 10.5. The number of para-hydroxylation sites is 1. The van der Waals surface area contributed by atoms with Gasteiger partial charge in [-0.05, 0) is 30.3 Å². The van der Waals surface area contributed by atoms with Crippen molar-refractivity contribution in [2.75, 3.05) is 12.4 Å². The number of esters is 1. The predicted octanol–water partition coefficient (Wildman–Crippen LogP) is 3.22. The van der Waals surface area contributed by atoms with E-state index in [0.29, 0.717) is 16.8 Å². The Morgan fingerprint density at radius 1 is 1.04 bits per heavy atom. The molecule has 0 saturated heterocycles. The van der Waals surface area contributed by atoms with Crippen LogP contribution in [-0.4, -0.2) is 23.6 Å². The average Bonchev–Trinajstić information content (AvgIpc) is 2.92. The van der Waals surface area contributed by atoms with Crippen molar-refractivity contribution in [1.82, 2.24) is 4.57 Å². The van der Waals surface area contributed by atoms with Crippen molar-refractivity contribution in [3.05, 3.63) is 65.9 Å². The number of methoxy groups -OCH3 is 1. The minimum atomic E-state index is -0.406. The summed E-state index contributed by atoms with van der Waals surface area (Å²) in [5.74, 6) is -0.593. The van der Waals surface area contributed by atoms with Gasteiger partial charge in [0.15, 0.2) is 0 Å². The quantitative estimate of drug-likeness (QED) is 0.756. The first kappa shape index (κ1) is 14.8. The van der Waals surface area contributed by atoms with Crippen LogP contribution >= 0.6 is 0 Å². The van der Waals surface area contributed by atoms with Crippen LogP contribution in [-0.2, 0) is 11.8 Å². The molecule has 0 aliphatic rings. The van der Waals surface area contributed by atoms with Crippen LogP contribution in [0.25, 0.3) is 10.9 Å². The highest BCUT2D eigenvalue weighted by molar-refractivity contribution is 6.13. The zero-order valence-corrected chi connectivity index (χ0v) is 12.9. The number of ether oxygens (including phenoxy) is 1. The molecule has 5 heteroatoms. The molecule has 1 heterocycles. The Bertz CT molecular complexity index is 879. The van der Waals surface area contributed by atoms with Gasteiger partial charge in [-0.2, -0.15) is 0 Å². The van der Waals surface area contributed by atoms with E-state index in [1.54, 1.807) is 24.3 Å². The third kappa shape index (κ3) is 2.81. The molecule has 0 saturated carbocycles. The number of carbonyl (C=O) groups excluding carboxylic acids is 2. The molecule has 3 aromatic rings. The summed E-state index contributed by atoms with van der Waals surface area (Å²) in [6.45, 7) is 0. The molecule has 0 spiro atoms. The van der Waals surface area contributed by atoms with Crippen molar-refractivity contribution < 1.29 is 14.3 Å². The third-order valence-electron chi connectivity index (χ3n) is 3.71. The largest absolute Gasteiger partial charge is 0.465 e. The average molecular weight is 308 g/mol. The molecule has 116 valence electrons. The molecule has 2 aromatic carbocycles. The number of nitrogens with one attached hydrogen (secondary N) is 1. The number of anilines is 1. The van der Waals surface area contributed by atoms with Gasteiger partial charge < -0.3 is 14.6 Å². The monoisotopic (exact) mass is 308 g/mol. The van der Waals surface area contributed by atoms with Crippen LogP contribution in [0.2, 0.25) is 0 Å². The van der Waals surface area contributed by atoms with Gasteiger partial charge in [-0.25, -0.2) is 4.79 Å². The van der Waals surface area contributed by atoms with Crippen LogP contribution in [0.3, 0.4) is 0 Å². The molecule has 5 nitrogen and oxygen atoms in total. The number of aryl methyl sites for hydroxylation is 1. The smallest absolute Gasteiger partial charge is 0.337 e. The Morgan fingerprint density at radius 3 is 2.43 bits per heavy atom. The standard InChI is InChI=1S/C18H16N2O3/c1-20-11-15(14-5-3-4-6-16(14)20)17(21)19-13-9-7-12(8-10-13)18(22)23-2/h3-11H,1-2H3,(H,19,21). The first-order chi connectivity index (χ1) is 11.1. The van der Waals surface area contributed by atoms with E-state index in [1.165, 1.54) is 7.11 Å². The molecule has 0 fully saturated rings. The zero-order valence-electron chi connectivity index (χ0n) is 12.9. The summed E-state index contributed by atoms with van der Waals surface area (Å²) in [5.41, 5.74) is 2.67. The van der Waals surface area contributed by atoms with E-state index in [0.717, 1.165) is 10.9 Å². The maximum Gasteiger partial charge on any atom is 0.337 e. The summed E-state index contributed by atoms with van der Waals surface area (Å²) in [7, 11) is 3.24. The summed E-state index contributed by atoms with van der Waals surface area (Å²) in [5, 5.41) is 3.75. The second-order valence-corrected chi connectivity index (χ2v) is 5.19. The molecule has 3 rings (SSSR count). The van der Waals surface area contributed by atoms with Crippen LogP contribution in [0.1, 0.15) is 20.7 Å². The highest BCUT2D eigenvalue weighted by Crippen LogP contribution is 2.21. The molecule has 0 unspecified atom stereocenters. The number of hydrogen-bond acceptors (Lipinski definition) is 3. The Morgan fingerprint density at radius 2 is 1.74 bits per heavy atom. The number of fused-ring (bicyclic) bond motifs is 1. The van der Waals surface area contributed by atoms with Crippen LogP contribution in [0.15, 0.2) is 54.7 Å². The number of aromatic nitrogens is 1. The third-order valence-corrected chi connectivity index (χ3v) is 3.71. The molecule has 1 aromatic heterocycles. The second kappa shape index (κ2) is 5.96.